The number of halogens is 1. The van der Waals surface area contributed by atoms with E-state index in [2.05, 4.69) is 11.0 Å². The van der Waals surface area contributed by atoms with Gasteiger partial charge in [0.2, 0.25) is 0 Å². The number of aromatic nitrogens is 1. The number of pyridine rings is 1. The van der Waals surface area contributed by atoms with E-state index in [9.17, 15) is 4.79 Å². The maximum absolute atomic E-state index is 12.5. The second-order valence-corrected chi connectivity index (χ2v) is 6.32. The first-order chi connectivity index (χ1) is 12.7. The Morgan fingerprint density at radius 2 is 1.81 bits per heavy atom. The molecule has 2 aromatic heterocycles. The number of anilines is 1. The van der Waals surface area contributed by atoms with Gasteiger partial charge in [-0.1, -0.05) is 0 Å². The van der Waals surface area contributed by atoms with Crippen molar-refractivity contribution in [3.63, 3.8) is 0 Å². The van der Waals surface area contributed by atoms with Gasteiger partial charge in [-0.25, -0.2) is 9.36 Å². The SMILES string of the molecule is O=c1oc2cc(N3CCOCC3)ccc2cc1-c1cc[n+](CCO)cc1.[Br-]. The summed E-state index contributed by atoms with van der Waals surface area (Å²) in [4.78, 5) is 14.7. The Kier molecular flexibility index (Phi) is 6.26. The van der Waals surface area contributed by atoms with Crippen molar-refractivity contribution >= 4 is 16.7 Å². The van der Waals surface area contributed by atoms with Crippen LogP contribution in [0.2, 0.25) is 0 Å². The maximum atomic E-state index is 12.5. The summed E-state index contributed by atoms with van der Waals surface area (Å²) in [5, 5.41) is 9.88. The highest BCUT2D eigenvalue weighted by Crippen LogP contribution is 2.25. The van der Waals surface area contributed by atoms with Crippen molar-refractivity contribution in [2.75, 3.05) is 37.8 Å². The van der Waals surface area contributed by atoms with E-state index in [0.717, 1.165) is 29.7 Å². The Morgan fingerprint density at radius 3 is 2.52 bits per heavy atom. The van der Waals surface area contributed by atoms with Gasteiger partial charge in [-0.3, -0.25) is 0 Å². The fourth-order valence-electron chi connectivity index (χ4n) is 3.22. The van der Waals surface area contributed by atoms with Crippen LogP contribution in [0.3, 0.4) is 0 Å². The van der Waals surface area contributed by atoms with E-state index in [0.29, 0.717) is 30.9 Å². The van der Waals surface area contributed by atoms with Crippen molar-refractivity contribution in [2.24, 2.45) is 0 Å². The number of morpholine rings is 1. The average Bonchev–Trinajstić information content (AvgIpc) is 2.69. The van der Waals surface area contributed by atoms with Crippen molar-refractivity contribution in [3.05, 3.63) is 59.2 Å². The van der Waals surface area contributed by atoms with Gasteiger partial charge in [-0.15, -0.1) is 0 Å². The van der Waals surface area contributed by atoms with E-state index >= 15 is 0 Å². The minimum Gasteiger partial charge on any atom is -1.00 e. The third-order valence-corrected chi connectivity index (χ3v) is 4.66. The van der Waals surface area contributed by atoms with Crippen LogP contribution in [0.4, 0.5) is 5.69 Å². The molecule has 0 atom stereocenters. The van der Waals surface area contributed by atoms with Crippen LogP contribution in [0, 0.1) is 0 Å². The summed E-state index contributed by atoms with van der Waals surface area (Å²) in [6.45, 7) is 3.71. The van der Waals surface area contributed by atoms with Crippen molar-refractivity contribution in [1.82, 2.24) is 0 Å². The third-order valence-electron chi connectivity index (χ3n) is 4.66. The third kappa shape index (κ3) is 4.21. The standard InChI is InChI=1S/C20H21N2O4.BrH/c23-10-7-21-5-3-15(4-6-21)18-13-16-1-2-17(14-19(16)26-20(18)24)22-8-11-25-12-9-22;/h1-6,13-14,23H,7-12H2;1H/q+1;/p-1. The number of hydrogen-bond donors (Lipinski definition) is 1. The van der Waals surface area contributed by atoms with E-state index in [1.165, 1.54) is 0 Å². The molecule has 0 spiro atoms. The van der Waals surface area contributed by atoms with Gasteiger partial charge < -0.3 is 36.1 Å². The summed E-state index contributed by atoms with van der Waals surface area (Å²) in [7, 11) is 0. The Balaban J connectivity index is 0.00000210. The first-order valence-corrected chi connectivity index (χ1v) is 8.75. The van der Waals surface area contributed by atoms with E-state index < -0.39 is 0 Å². The van der Waals surface area contributed by atoms with E-state index in [4.69, 9.17) is 14.3 Å². The molecule has 1 fully saturated rings. The molecule has 1 saturated heterocycles. The summed E-state index contributed by atoms with van der Waals surface area (Å²) in [6, 6.07) is 11.5. The van der Waals surface area contributed by atoms with Crippen LogP contribution in [-0.4, -0.2) is 38.0 Å². The number of rotatable bonds is 4. The number of aliphatic hydroxyl groups is 1. The summed E-state index contributed by atoms with van der Waals surface area (Å²) < 4.78 is 12.8. The monoisotopic (exact) mass is 432 g/mol. The van der Waals surface area contributed by atoms with Gasteiger partial charge in [0.25, 0.3) is 0 Å². The molecule has 3 aromatic rings. The molecule has 1 aromatic carbocycles. The largest absolute Gasteiger partial charge is 1.00 e. The normalized spacial score (nSPS) is 14.2. The average molecular weight is 433 g/mol. The molecule has 1 aliphatic rings. The number of aliphatic hydroxyl groups excluding tert-OH is 1. The van der Waals surface area contributed by atoms with Crippen LogP contribution in [0.5, 0.6) is 0 Å². The second kappa shape index (κ2) is 8.65. The van der Waals surface area contributed by atoms with Gasteiger partial charge in [0.1, 0.15) is 12.2 Å². The Morgan fingerprint density at radius 1 is 1.07 bits per heavy atom. The Hall–Kier alpha value is -2.22. The minimum atomic E-state index is -0.350. The predicted molar refractivity (Wildman–Crippen MR) is 98.2 cm³/mol. The molecule has 0 unspecified atom stereocenters. The number of nitrogens with zero attached hydrogens (tertiary/aromatic N) is 2. The lowest BCUT2D eigenvalue weighted by atomic mass is 10.1. The van der Waals surface area contributed by atoms with Crippen molar-refractivity contribution in [3.8, 4) is 11.1 Å². The van der Waals surface area contributed by atoms with Crippen LogP contribution in [-0.2, 0) is 11.3 Å². The molecule has 0 radical (unpaired) electrons. The topological polar surface area (TPSA) is 66.8 Å². The van der Waals surface area contributed by atoms with Crippen LogP contribution in [0.1, 0.15) is 0 Å². The molecule has 1 N–H and O–H groups in total. The molecule has 6 nitrogen and oxygen atoms in total. The first kappa shape index (κ1) is 19.5. The predicted octanol–water partition coefficient (Wildman–Crippen LogP) is -1.42. The summed E-state index contributed by atoms with van der Waals surface area (Å²) in [6.07, 6.45) is 3.69. The summed E-state index contributed by atoms with van der Waals surface area (Å²) in [5.41, 5.74) is 2.62. The van der Waals surface area contributed by atoms with Gasteiger partial charge in [0.15, 0.2) is 18.9 Å². The first-order valence-electron chi connectivity index (χ1n) is 8.75. The number of ether oxygens (including phenoxy) is 1. The zero-order valence-electron chi connectivity index (χ0n) is 14.8. The lowest BCUT2D eigenvalue weighted by Crippen LogP contribution is -3.00. The molecular formula is C20H21BrN2O4. The van der Waals surface area contributed by atoms with Gasteiger partial charge in [-0.2, -0.15) is 0 Å². The second-order valence-electron chi connectivity index (χ2n) is 6.32. The molecule has 7 heteroatoms. The highest BCUT2D eigenvalue weighted by atomic mass is 79.9. The number of hydrogen-bond acceptors (Lipinski definition) is 5. The van der Waals surface area contributed by atoms with Crippen molar-refractivity contribution in [2.45, 2.75) is 6.54 Å². The van der Waals surface area contributed by atoms with E-state index in [1.54, 1.807) is 0 Å². The fraction of sp³-hybridized carbons (Fsp3) is 0.300. The fourth-order valence-corrected chi connectivity index (χ4v) is 3.22. The molecule has 0 amide bonds. The van der Waals surface area contributed by atoms with Crippen molar-refractivity contribution < 1.29 is 35.8 Å². The quantitative estimate of drug-likeness (QED) is 0.404. The summed E-state index contributed by atoms with van der Waals surface area (Å²) in [5.74, 6) is 0. The lowest BCUT2D eigenvalue weighted by Gasteiger charge is -2.28. The molecule has 4 rings (SSSR count). The smallest absolute Gasteiger partial charge is 0.344 e. The molecule has 27 heavy (non-hydrogen) atoms. The van der Waals surface area contributed by atoms with Crippen molar-refractivity contribution in [1.29, 1.82) is 0 Å². The molecule has 0 bridgehead atoms. The van der Waals surface area contributed by atoms with Gasteiger partial charge in [0, 0.05) is 47.9 Å². The van der Waals surface area contributed by atoms with Crippen LogP contribution >= 0.6 is 0 Å². The maximum Gasteiger partial charge on any atom is 0.344 e. The zero-order chi connectivity index (χ0) is 17.9. The molecule has 3 heterocycles. The minimum absolute atomic E-state index is 0. The van der Waals surface area contributed by atoms with Gasteiger partial charge in [0.05, 0.1) is 18.8 Å². The molecule has 0 aliphatic carbocycles. The highest BCUT2D eigenvalue weighted by Gasteiger charge is 2.14. The summed E-state index contributed by atoms with van der Waals surface area (Å²) >= 11 is 0. The molecule has 0 saturated carbocycles. The molecule has 142 valence electrons. The number of fused-ring (bicyclic) bond motifs is 1. The van der Waals surface area contributed by atoms with E-state index in [-0.39, 0.29) is 29.2 Å². The van der Waals surface area contributed by atoms with E-state index in [1.807, 2.05) is 47.3 Å². The Bertz CT molecular complexity index is 966. The molecule has 1 aliphatic heterocycles. The lowest BCUT2D eigenvalue weighted by molar-refractivity contribution is -0.698. The van der Waals surface area contributed by atoms with Gasteiger partial charge in [-0.05, 0) is 18.2 Å². The number of benzene rings is 1. The zero-order valence-corrected chi connectivity index (χ0v) is 16.4. The molecular weight excluding hydrogens is 412 g/mol. The van der Waals surface area contributed by atoms with Gasteiger partial charge >= 0.3 is 5.63 Å². The van der Waals surface area contributed by atoms with Crippen LogP contribution < -0.4 is 32.1 Å². The Labute approximate surface area is 167 Å². The highest BCUT2D eigenvalue weighted by molar-refractivity contribution is 5.84. The van der Waals surface area contributed by atoms with Crippen LogP contribution in [0.25, 0.3) is 22.1 Å². The van der Waals surface area contributed by atoms with Crippen LogP contribution in [0.15, 0.2) is 58.0 Å².